The van der Waals surface area contributed by atoms with Crippen LogP contribution in [-0.2, 0) is 0 Å². The predicted molar refractivity (Wildman–Crippen MR) is 75.3 cm³/mol. The van der Waals surface area contributed by atoms with E-state index in [1.54, 1.807) is 0 Å². The topological polar surface area (TPSA) is 35.8 Å². The summed E-state index contributed by atoms with van der Waals surface area (Å²) < 4.78 is 0. The van der Waals surface area contributed by atoms with Crippen molar-refractivity contribution in [2.45, 2.75) is 46.1 Å². The lowest BCUT2D eigenvalue weighted by atomic mass is 9.87. The van der Waals surface area contributed by atoms with Gasteiger partial charge in [0, 0.05) is 5.69 Å². The molecule has 18 heavy (non-hydrogen) atoms. The molecule has 0 spiro atoms. The van der Waals surface area contributed by atoms with Crippen LogP contribution in [0.1, 0.15) is 39.2 Å². The summed E-state index contributed by atoms with van der Waals surface area (Å²) in [4.78, 5) is 0. The third-order valence-electron chi connectivity index (χ3n) is 4.08. The standard InChI is InChI=1S/C16H22N2/c1-12-5-7-14(8-6-12)18-16(11-17)10-15(3,4)9-13(16)2/h5-8,13,18H,9-10H2,1-4H3. The molecule has 0 bridgehead atoms. The summed E-state index contributed by atoms with van der Waals surface area (Å²) in [5, 5.41) is 13.1. The molecule has 2 unspecified atom stereocenters. The molecule has 1 aliphatic carbocycles. The molecular formula is C16H22N2. The van der Waals surface area contributed by atoms with E-state index in [2.05, 4.69) is 63.3 Å². The smallest absolute Gasteiger partial charge is 0.128 e. The van der Waals surface area contributed by atoms with Gasteiger partial charge in [-0.25, -0.2) is 0 Å². The first-order chi connectivity index (χ1) is 8.37. The summed E-state index contributed by atoms with van der Waals surface area (Å²) in [6, 6.07) is 10.8. The van der Waals surface area contributed by atoms with E-state index in [0.717, 1.165) is 18.5 Å². The Morgan fingerprint density at radius 2 is 1.89 bits per heavy atom. The van der Waals surface area contributed by atoms with E-state index in [9.17, 15) is 5.26 Å². The molecular weight excluding hydrogens is 220 g/mol. The van der Waals surface area contributed by atoms with E-state index in [1.165, 1.54) is 5.56 Å². The molecule has 0 radical (unpaired) electrons. The molecule has 0 aromatic heterocycles. The summed E-state index contributed by atoms with van der Waals surface area (Å²) in [6.45, 7) is 8.75. The first kappa shape index (κ1) is 13.0. The number of benzene rings is 1. The van der Waals surface area contributed by atoms with Crippen molar-refractivity contribution in [3.63, 3.8) is 0 Å². The van der Waals surface area contributed by atoms with Crippen LogP contribution in [-0.4, -0.2) is 5.54 Å². The number of aryl methyl sites for hydroxylation is 1. The zero-order valence-corrected chi connectivity index (χ0v) is 11.7. The normalized spacial score (nSPS) is 29.8. The Morgan fingerprint density at radius 3 is 2.33 bits per heavy atom. The molecule has 2 atom stereocenters. The molecule has 1 N–H and O–H groups in total. The van der Waals surface area contributed by atoms with Gasteiger partial charge in [0.2, 0.25) is 0 Å². The zero-order chi connectivity index (χ0) is 13.4. The van der Waals surface area contributed by atoms with Crippen molar-refractivity contribution >= 4 is 5.69 Å². The van der Waals surface area contributed by atoms with Gasteiger partial charge < -0.3 is 5.32 Å². The van der Waals surface area contributed by atoms with Gasteiger partial charge in [-0.05, 0) is 43.2 Å². The highest BCUT2D eigenvalue weighted by molar-refractivity contribution is 5.49. The summed E-state index contributed by atoms with van der Waals surface area (Å²) in [7, 11) is 0. The summed E-state index contributed by atoms with van der Waals surface area (Å²) in [5.74, 6) is 0.374. The van der Waals surface area contributed by atoms with Gasteiger partial charge in [-0.15, -0.1) is 0 Å². The second kappa shape index (κ2) is 4.31. The number of rotatable bonds is 2. The molecule has 0 heterocycles. The van der Waals surface area contributed by atoms with Crippen molar-refractivity contribution in [1.82, 2.24) is 0 Å². The lowest BCUT2D eigenvalue weighted by Crippen LogP contribution is -2.39. The quantitative estimate of drug-likeness (QED) is 0.846. The second-order valence-electron chi connectivity index (χ2n) is 6.52. The van der Waals surface area contributed by atoms with E-state index in [4.69, 9.17) is 0 Å². The zero-order valence-electron chi connectivity index (χ0n) is 11.7. The van der Waals surface area contributed by atoms with E-state index in [1.807, 2.05) is 0 Å². The van der Waals surface area contributed by atoms with Crippen LogP contribution in [0.5, 0.6) is 0 Å². The summed E-state index contributed by atoms with van der Waals surface area (Å²) >= 11 is 0. The van der Waals surface area contributed by atoms with Crippen LogP contribution in [0, 0.1) is 29.6 Å². The third-order valence-corrected chi connectivity index (χ3v) is 4.08. The molecule has 1 aliphatic rings. The lowest BCUT2D eigenvalue weighted by molar-refractivity contribution is 0.363. The number of hydrogen-bond acceptors (Lipinski definition) is 2. The van der Waals surface area contributed by atoms with Crippen LogP contribution in [0.2, 0.25) is 0 Å². The maximum absolute atomic E-state index is 9.62. The van der Waals surface area contributed by atoms with E-state index in [-0.39, 0.29) is 5.41 Å². The minimum Gasteiger partial charge on any atom is -0.367 e. The Balaban J connectivity index is 2.25. The first-order valence-corrected chi connectivity index (χ1v) is 6.63. The van der Waals surface area contributed by atoms with Gasteiger partial charge in [-0.3, -0.25) is 0 Å². The Morgan fingerprint density at radius 1 is 1.28 bits per heavy atom. The highest BCUT2D eigenvalue weighted by Gasteiger charge is 2.49. The van der Waals surface area contributed by atoms with Crippen LogP contribution < -0.4 is 5.32 Å². The maximum Gasteiger partial charge on any atom is 0.128 e. The van der Waals surface area contributed by atoms with Crippen molar-refractivity contribution in [3.05, 3.63) is 29.8 Å². The molecule has 2 nitrogen and oxygen atoms in total. The van der Waals surface area contributed by atoms with Crippen LogP contribution in [0.4, 0.5) is 5.69 Å². The lowest BCUT2D eigenvalue weighted by Gasteiger charge is -2.29. The van der Waals surface area contributed by atoms with Crippen molar-refractivity contribution in [2.24, 2.45) is 11.3 Å². The Bertz CT molecular complexity index is 467. The number of nitrogens with zero attached hydrogens (tertiary/aromatic N) is 1. The fourth-order valence-electron chi connectivity index (χ4n) is 3.24. The molecule has 1 fully saturated rings. The van der Waals surface area contributed by atoms with Gasteiger partial charge in [-0.1, -0.05) is 38.5 Å². The molecule has 96 valence electrons. The van der Waals surface area contributed by atoms with Gasteiger partial charge in [0.05, 0.1) is 6.07 Å². The molecule has 0 aliphatic heterocycles. The number of nitrogens with one attached hydrogen (secondary N) is 1. The minimum absolute atomic E-state index is 0.243. The van der Waals surface area contributed by atoms with Gasteiger partial charge >= 0.3 is 0 Å². The van der Waals surface area contributed by atoms with Crippen LogP contribution in [0.15, 0.2) is 24.3 Å². The van der Waals surface area contributed by atoms with Crippen LogP contribution in [0.25, 0.3) is 0 Å². The van der Waals surface area contributed by atoms with E-state index in [0.29, 0.717) is 5.92 Å². The Hall–Kier alpha value is -1.49. The van der Waals surface area contributed by atoms with Crippen molar-refractivity contribution in [1.29, 1.82) is 5.26 Å². The Kier molecular flexibility index (Phi) is 3.11. The molecule has 0 amide bonds. The Labute approximate surface area is 110 Å². The third kappa shape index (κ3) is 2.36. The monoisotopic (exact) mass is 242 g/mol. The average Bonchev–Trinajstić information content (AvgIpc) is 2.52. The molecule has 1 aromatic rings. The largest absolute Gasteiger partial charge is 0.367 e. The average molecular weight is 242 g/mol. The number of hydrogen-bond donors (Lipinski definition) is 1. The molecule has 1 saturated carbocycles. The van der Waals surface area contributed by atoms with E-state index >= 15 is 0 Å². The predicted octanol–water partition coefficient (Wildman–Crippen LogP) is 4.13. The van der Waals surface area contributed by atoms with Gasteiger partial charge in [-0.2, -0.15) is 5.26 Å². The van der Waals surface area contributed by atoms with Crippen LogP contribution in [0.3, 0.4) is 0 Å². The summed E-state index contributed by atoms with van der Waals surface area (Å²) in [5.41, 5.74) is 2.11. The fraction of sp³-hybridized carbons (Fsp3) is 0.562. The number of anilines is 1. The van der Waals surface area contributed by atoms with Crippen molar-refractivity contribution in [2.75, 3.05) is 5.32 Å². The van der Waals surface area contributed by atoms with Crippen molar-refractivity contribution in [3.8, 4) is 6.07 Å². The first-order valence-electron chi connectivity index (χ1n) is 6.63. The highest BCUT2D eigenvalue weighted by Crippen LogP contribution is 2.48. The molecule has 0 saturated heterocycles. The number of nitriles is 1. The van der Waals surface area contributed by atoms with Crippen molar-refractivity contribution < 1.29 is 0 Å². The van der Waals surface area contributed by atoms with Gasteiger partial charge in [0.25, 0.3) is 0 Å². The highest BCUT2D eigenvalue weighted by atomic mass is 15.0. The van der Waals surface area contributed by atoms with Gasteiger partial charge in [0.1, 0.15) is 5.54 Å². The van der Waals surface area contributed by atoms with Gasteiger partial charge in [0.15, 0.2) is 0 Å². The fourth-order valence-corrected chi connectivity index (χ4v) is 3.24. The SMILES string of the molecule is Cc1ccc(NC2(C#N)CC(C)(C)CC2C)cc1. The minimum atomic E-state index is -0.418. The molecule has 2 rings (SSSR count). The maximum atomic E-state index is 9.62. The molecule has 1 aromatic carbocycles. The van der Waals surface area contributed by atoms with Crippen LogP contribution >= 0.6 is 0 Å². The summed E-state index contributed by atoms with van der Waals surface area (Å²) in [6.07, 6.45) is 2.00. The second-order valence-corrected chi connectivity index (χ2v) is 6.52. The van der Waals surface area contributed by atoms with E-state index < -0.39 is 5.54 Å². The molecule has 2 heteroatoms.